The number of hydrogen-bond acceptors (Lipinski definition) is 7. The molecule has 0 saturated carbocycles. The molecule has 0 unspecified atom stereocenters. The van der Waals surface area contributed by atoms with Gasteiger partial charge in [-0.15, -0.1) is 11.3 Å². The lowest BCUT2D eigenvalue weighted by atomic mass is 10.1. The number of fused-ring (bicyclic) bond motifs is 1. The average Bonchev–Trinajstić information content (AvgIpc) is 3.46. The van der Waals surface area contributed by atoms with Crippen molar-refractivity contribution in [1.82, 2.24) is 14.8 Å². The zero-order valence-corrected chi connectivity index (χ0v) is 20.7. The number of nitrogens with zero attached hydrogens (tertiary/aromatic N) is 4. The van der Waals surface area contributed by atoms with Gasteiger partial charge in [0.2, 0.25) is 12.7 Å². The summed E-state index contributed by atoms with van der Waals surface area (Å²) in [5, 5.41) is 2.81. The van der Waals surface area contributed by atoms with Crippen LogP contribution in [0.15, 0.2) is 41.8 Å². The zero-order chi connectivity index (χ0) is 23.7. The molecule has 178 valence electrons. The quantitative estimate of drug-likeness (QED) is 0.520. The highest BCUT2D eigenvalue weighted by Gasteiger charge is 2.22. The van der Waals surface area contributed by atoms with Gasteiger partial charge in [0.15, 0.2) is 16.6 Å². The number of carbonyl (C=O) groups is 1. The predicted molar refractivity (Wildman–Crippen MR) is 134 cm³/mol. The van der Waals surface area contributed by atoms with Crippen molar-refractivity contribution in [3.8, 4) is 11.5 Å². The molecule has 2 aliphatic heterocycles. The van der Waals surface area contributed by atoms with Crippen LogP contribution in [0.2, 0.25) is 0 Å². The molecule has 34 heavy (non-hydrogen) atoms. The lowest BCUT2D eigenvalue weighted by Crippen LogP contribution is -2.45. The Balaban J connectivity index is 1.18. The summed E-state index contributed by atoms with van der Waals surface area (Å²) < 4.78 is 10.9. The van der Waals surface area contributed by atoms with Crippen molar-refractivity contribution in [2.24, 2.45) is 0 Å². The number of anilines is 2. The summed E-state index contributed by atoms with van der Waals surface area (Å²) in [6.07, 6.45) is 0. The molecule has 3 heterocycles. The van der Waals surface area contributed by atoms with Crippen LogP contribution in [0, 0.1) is 13.8 Å². The van der Waals surface area contributed by atoms with Crippen LogP contribution in [0.25, 0.3) is 0 Å². The van der Waals surface area contributed by atoms with Gasteiger partial charge in [-0.2, -0.15) is 0 Å². The van der Waals surface area contributed by atoms with E-state index in [-0.39, 0.29) is 5.91 Å². The van der Waals surface area contributed by atoms with Crippen molar-refractivity contribution in [2.75, 3.05) is 37.9 Å². The Kier molecular flexibility index (Phi) is 6.54. The van der Waals surface area contributed by atoms with E-state index in [1.54, 1.807) is 11.8 Å². The smallest absolute Gasteiger partial charge is 0.231 e. The fourth-order valence-electron chi connectivity index (χ4n) is 4.57. The lowest BCUT2D eigenvalue weighted by Gasteiger charge is -2.34. The number of hydrogen-bond donors (Lipinski definition) is 0. The van der Waals surface area contributed by atoms with E-state index in [0.717, 1.165) is 72.8 Å². The Bertz CT molecular complexity index is 1190. The molecule has 0 spiro atoms. The summed E-state index contributed by atoms with van der Waals surface area (Å²) in [6.45, 7) is 11.7. The van der Waals surface area contributed by atoms with Crippen molar-refractivity contribution < 1.29 is 14.3 Å². The van der Waals surface area contributed by atoms with Gasteiger partial charge in [0.05, 0.1) is 11.4 Å². The Hall–Kier alpha value is -2.94. The molecular formula is C26H30N4O3S. The number of thiazole rings is 1. The maximum atomic E-state index is 12.5. The van der Waals surface area contributed by atoms with Gasteiger partial charge in [-0.05, 0) is 43.2 Å². The number of rotatable bonds is 6. The molecule has 0 aliphatic carbocycles. The van der Waals surface area contributed by atoms with Gasteiger partial charge >= 0.3 is 0 Å². The predicted octanol–water partition coefficient (Wildman–Crippen LogP) is 4.49. The van der Waals surface area contributed by atoms with E-state index in [2.05, 4.69) is 40.3 Å². The van der Waals surface area contributed by atoms with Crippen molar-refractivity contribution in [3.63, 3.8) is 0 Å². The number of benzene rings is 2. The normalized spacial score (nSPS) is 16.1. The zero-order valence-electron chi connectivity index (χ0n) is 19.9. The maximum Gasteiger partial charge on any atom is 0.231 e. The summed E-state index contributed by atoms with van der Waals surface area (Å²) in [6, 6.07) is 12.3. The minimum absolute atomic E-state index is 0.0232. The van der Waals surface area contributed by atoms with Gasteiger partial charge < -0.3 is 9.47 Å². The maximum absolute atomic E-state index is 12.5. The molecule has 8 heteroatoms. The highest BCUT2D eigenvalue weighted by molar-refractivity contribution is 7.14. The molecule has 0 N–H and O–H groups in total. The first kappa shape index (κ1) is 22.8. The van der Waals surface area contributed by atoms with E-state index >= 15 is 0 Å². The van der Waals surface area contributed by atoms with Crippen LogP contribution in [-0.4, -0.2) is 53.7 Å². The first-order valence-corrected chi connectivity index (χ1v) is 12.5. The summed E-state index contributed by atoms with van der Waals surface area (Å²) in [7, 11) is 0. The second-order valence-corrected chi connectivity index (χ2v) is 9.84. The topological polar surface area (TPSA) is 58.1 Å². The highest BCUT2D eigenvalue weighted by Crippen LogP contribution is 2.33. The van der Waals surface area contributed by atoms with E-state index < -0.39 is 0 Å². The molecule has 3 aromatic rings. The van der Waals surface area contributed by atoms with Crippen LogP contribution in [0.3, 0.4) is 0 Å². The third-order valence-electron chi connectivity index (χ3n) is 6.33. The van der Waals surface area contributed by atoms with E-state index in [0.29, 0.717) is 6.79 Å². The molecule has 1 saturated heterocycles. The summed E-state index contributed by atoms with van der Waals surface area (Å²) in [5.41, 5.74) is 5.42. The van der Waals surface area contributed by atoms with Crippen LogP contribution in [0.4, 0.5) is 10.8 Å². The van der Waals surface area contributed by atoms with Crippen molar-refractivity contribution >= 4 is 28.1 Å². The van der Waals surface area contributed by atoms with Crippen LogP contribution in [-0.2, 0) is 17.9 Å². The van der Waals surface area contributed by atoms with Crippen molar-refractivity contribution in [3.05, 3.63) is 64.2 Å². The molecule has 7 nitrogen and oxygen atoms in total. The molecule has 1 amide bonds. The highest BCUT2D eigenvalue weighted by atomic mass is 32.1. The number of aryl methyl sites for hydroxylation is 2. The SMILES string of the molecule is CC(=O)N(c1nc(CN2CCN(Cc3ccc4c(c3)OCO4)CC2)cs1)c1ccc(C)cc1C. The van der Waals surface area contributed by atoms with Crippen LogP contribution in [0.1, 0.15) is 29.3 Å². The number of aromatic nitrogens is 1. The summed E-state index contributed by atoms with van der Waals surface area (Å²) in [5.74, 6) is 1.65. The monoisotopic (exact) mass is 478 g/mol. The number of piperazine rings is 1. The average molecular weight is 479 g/mol. The van der Waals surface area contributed by atoms with Crippen LogP contribution < -0.4 is 14.4 Å². The van der Waals surface area contributed by atoms with Crippen molar-refractivity contribution in [2.45, 2.75) is 33.9 Å². The standard InChI is InChI=1S/C26H30N4O3S/c1-18-4-6-23(19(2)12-18)30(20(3)31)26-27-22(16-34-26)15-29-10-8-28(9-11-29)14-21-5-7-24-25(13-21)33-17-32-24/h4-7,12-13,16H,8-11,14-15,17H2,1-3H3. The van der Waals surface area contributed by atoms with Gasteiger partial charge in [0.25, 0.3) is 0 Å². The van der Waals surface area contributed by atoms with Gasteiger partial charge in [-0.3, -0.25) is 19.5 Å². The van der Waals surface area contributed by atoms with E-state index in [1.165, 1.54) is 22.5 Å². The second-order valence-electron chi connectivity index (χ2n) is 9.01. The van der Waals surface area contributed by atoms with E-state index in [1.807, 2.05) is 25.1 Å². The fourth-order valence-corrected chi connectivity index (χ4v) is 5.44. The first-order valence-electron chi connectivity index (χ1n) is 11.6. The molecule has 0 bridgehead atoms. The molecule has 1 fully saturated rings. The fraction of sp³-hybridized carbons (Fsp3) is 0.385. The van der Waals surface area contributed by atoms with Gasteiger partial charge in [-0.25, -0.2) is 4.98 Å². The third kappa shape index (κ3) is 4.94. The van der Waals surface area contributed by atoms with Gasteiger partial charge in [-0.1, -0.05) is 23.8 Å². The Morgan fingerprint density at radius 2 is 1.74 bits per heavy atom. The minimum Gasteiger partial charge on any atom is -0.454 e. The largest absolute Gasteiger partial charge is 0.454 e. The Morgan fingerprint density at radius 1 is 1.00 bits per heavy atom. The Labute approximate surface area is 204 Å². The lowest BCUT2D eigenvalue weighted by molar-refractivity contribution is -0.115. The van der Waals surface area contributed by atoms with E-state index in [4.69, 9.17) is 14.5 Å². The van der Waals surface area contributed by atoms with Gasteiger partial charge in [0, 0.05) is 51.6 Å². The molecule has 0 radical (unpaired) electrons. The van der Waals surface area contributed by atoms with Crippen LogP contribution >= 0.6 is 11.3 Å². The molecule has 0 atom stereocenters. The number of ether oxygens (including phenoxy) is 2. The molecule has 2 aromatic carbocycles. The third-order valence-corrected chi connectivity index (χ3v) is 7.21. The number of carbonyl (C=O) groups excluding carboxylic acids is 1. The minimum atomic E-state index is -0.0232. The second kappa shape index (κ2) is 9.74. The molecular weight excluding hydrogens is 448 g/mol. The molecule has 5 rings (SSSR count). The first-order chi connectivity index (χ1) is 16.5. The Morgan fingerprint density at radius 3 is 2.47 bits per heavy atom. The molecule has 2 aliphatic rings. The molecule has 1 aromatic heterocycles. The number of amides is 1. The van der Waals surface area contributed by atoms with Crippen LogP contribution in [0.5, 0.6) is 11.5 Å². The van der Waals surface area contributed by atoms with Crippen molar-refractivity contribution in [1.29, 1.82) is 0 Å². The summed E-state index contributed by atoms with van der Waals surface area (Å²) >= 11 is 1.53. The summed E-state index contributed by atoms with van der Waals surface area (Å²) in [4.78, 5) is 24.0. The van der Waals surface area contributed by atoms with Gasteiger partial charge in [0.1, 0.15) is 0 Å². The van der Waals surface area contributed by atoms with E-state index in [9.17, 15) is 4.79 Å².